The minimum atomic E-state index is -2.28. The van der Waals surface area contributed by atoms with E-state index in [4.69, 9.17) is 0 Å². The molecule has 1 atom stereocenters. The van der Waals surface area contributed by atoms with E-state index in [-0.39, 0.29) is 12.1 Å². The highest BCUT2D eigenvalue weighted by atomic mass is 32.2. The van der Waals surface area contributed by atoms with Gasteiger partial charge in [0.2, 0.25) is 0 Å². The molecule has 0 aliphatic carbocycles. The lowest BCUT2D eigenvalue weighted by molar-refractivity contribution is 0.522. The number of benzene rings is 1. The topological polar surface area (TPSA) is 118 Å². The highest BCUT2D eigenvalue weighted by molar-refractivity contribution is 7.77. The lowest BCUT2D eigenvalue weighted by Crippen LogP contribution is -2.15. The summed E-state index contributed by atoms with van der Waals surface area (Å²) in [6, 6.07) is 13.5. The number of nitrogens with one attached hydrogen (secondary N) is 3. The molecule has 4 aromatic heterocycles. The zero-order chi connectivity index (χ0) is 21.4. The molecule has 0 saturated carbocycles. The SMILES string of the molecule is O=c1[nH]cc(Cc2ccc(CNS(=O)[O-])cc2)n2cc(-c3c[nH]c4ncccc34)cc12. The summed E-state index contributed by atoms with van der Waals surface area (Å²) in [5.74, 6) is 0. The lowest BCUT2D eigenvalue weighted by atomic mass is 10.1. The van der Waals surface area contributed by atoms with Gasteiger partial charge in [-0.05, 0) is 29.3 Å². The Balaban J connectivity index is 1.49. The number of aromatic amines is 2. The van der Waals surface area contributed by atoms with E-state index in [9.17, 15) is 13.6 Å². The van der Waals surface area contributed by atoms with Crippen molar-refractivity contribution >= 4 is 27.8 Å². The van der Waals surface area contributed by atoms with Gasteiger partial charge < -0.3 is 18.9 Å². The first kappa shape index (κ1) is 19.4. The van der Waals surface area contributed by atoms with Gasteiger partial charge in [-0.1, -0.05) is 24.3 Å². The fourth-order valence-corrected chi connectivity index (χ4v) is 4.06. The summed E-state index contributed by atoms with van der Waals surface area (Å²) in [6.45, 7) is 0.250. The molecule has 1 unspecified atom stereocenters. The number of H-pyrrole nitrogens is 2. The summed E-state index contributed by atoms with van der Waals surface area (Å²) < 4.78 is 25.6. The average molecular weight is 432 g/mol. The van der Waals surface area contributed by atoms with Crippen molar-refractivity contribution in [2.45, 2.75) is 13.0 Å². The zero-order valence-corrected chi connectivity index (χ0v) is 17.1. The smallest absolute Gasteiger partial charge is 0.272 e. The zero-order valence-electron chi connectivity index (χ0n) is 16.3. The minimum absolute atomic E-state index is 0.153. The van der Waals surface area contributed by atoms with E-state index in [1.54, 1.807) is 12.4 Å². The Labute approximate surface area is 179 Å². The van der Waals surface area contributed by atoms with E-state index in [1.165, 1.54) is 0 Å². The maximum Gasteiger partial charge on any atom is 0.272 e. The highest BCUT2D eigenvalue weighted by Crippen LogP contribution is 2.29. The van der Waals surface area contributed by atoms with E-state index in [0.29, 0.717) is 11.9 Å². The molecule has 0 fully saturated rings. The van der Waals surface area contributed by atoms with Crippen LogP contribution in [0.1, 0.15) is 16.8 Å². The monoisotopic (exact) mass is 432 g/mol. The maximum atomic E-state index is 12.4. The molecule has 31 heavy (non-hydrogen) atoms. The first-order valence-corrected chi connectivity index (χ1v) is 10.7. The average Bonchev–Trinajstić information content (AvgIpc) is 3.40. The molecule has 9 heteroatoms. The van der Waals surface area contributed by atoms with Crippen molar-refractivity contribution in [3.8, 4) is 11.1 Å². The maximum absolute atomic E-state index is 12.4. The van der Waals surface area contributed by atoms with Crippen molar-refractivity contribution < 1.29 is 8.76 Å². The molecule has 0 aliphatic rings. The van der Waals surface area contributed by atoms with Crippen molar-refractivity contribution in [1.29, 1.82) is 0 Å². The standard InChI is InChI=1S/C22H19N5O3S/c28-22-20-9-16(19-12-24-21-18(19)2-1-7-23-21)13-27(20)17(11-25-22)8-14-3-5-15(6-4-14)10-26-31(29)30/h1-7,9,11-13,26H,8,10H2,(H,23,24)(H,25,28)(H,29,30)/p-1. The molecule has 0 aliphatic heterocycles. The summed E-state index contributed by atoms with van der Waals surface area (Å²) in [4.78, 5) is 22.8. The Morgan fingerprint density at radius 1 is 1.10 bits per heavy atom. The van der Waals surface area contributed by atoms with Crippen LogP contribution >= 0.6 is 0 Å². The lowest BCUT2D eigenvalue weighted by Gasteiger charge is -2.09. The minimum Gasteiger partial charge on any atom is -0.760 e. The van der Waals surface area contributed by atoms with Crippen molar-refractivity contribution in [1.82, 2.24) is 24.1 Å². The van der Waals surface area contributed by atoms with Gasteiger partial charge in [-0.15, -0.1) is 0 Å². The molecule has 3 N–H and O–H groups in total. The van der Waals surface area contributed by atoms with Gasteiger partial charge >= 0.3 is 0 Å². The molecular weight excluding hydrogens is 414 g/mol. The molecule has 0 spiro atoms. The normalized spacial score (nSPS) is 12.5. The van der Waals surface area contributed by atoms with Crippen LogP contribution in [0.25, 0.3) is 27.7 Å². The second kappa shape index (κ2) is 7.95. The van der Waals surface area contributed by atoms with Crippen LogP contribution in [0, 0.1) is 0 Å². The molecule has 0 bridgehead atoms. The molecule has 156 valence electrons. The molecule has 0 radical (unpaired) electrons. The molecule has 8 nitrogen and oxygen atoms in total. The van der Waals surface area contributed by atoms with Gasteiger partial charge in [-0.2, -0.15) is 0 Å². The number of rotatable bonds is 6. The van der Waals surface area contributed by atoms with E-state index in [1.807, 2.05) is 59.3 Å². The van der Waals surface area contributed by atoms with Gasteiger partial charge in [0.05, 0.1) is 0 Å². The van der Waals surface area contributed by atoms with E-state index < -0.39 is 11.3 Å². The van der Waals surface area contributed by atoms with Crippen LogP contribution in [0.3, 0.4) is 0 Å². The predicted molar refractivity (Wildman–Crippen MR) is 118 cm³/mol. The third-order valence-corrected chi connectivity index (χ3v) is 5.68. The van der Waals surface area contributed by atoms with Gasteiger partial charge in [0.15, 0.2) is 0 Å². The van der Waals surface area contributed by atoms with Gasteiger partial charge in [-0.3, -0.25) is 9.00 Å². The van der Waals surface area contributed by atoms with E-state index in [2.05, 4.69) is 19.7 Å². The number of fused-ring (bicyclic) bond motifs is 2. The van der Waals surface area contributed by atoms with Gasteiger partial charge in [0.1, 0.15) is 11.2 Å². The van der Waals surface area contributed by atoms with Crippen molar-refractivity contribution in [3.63, 3.8) is 0 Å². The number of aromatic nitrogens is 4. The molecule has 5 rings (SSSR count). The van der Waals surface area contributed by atoms with E-state index in [0.717, 1.165) is 39.0 Å². The van der Waals surface area contributed by atoms with Crippen LogP contribution in [-0.2, 0) is 24.2 Å². The van der Waals surface area contributed by atoms with Crippen LogP contribution < -0.4 is 10.3 Å². The fourth-order valence-electron chi connectivity index (χ4n) is 3.77. The first-order chi connectivity index (χ1) is 15.1. The fraction of sp³-hybridized carbons (Fsp3) is 0.0909. The Morgan fingerprint density at radius 2 is 1.90 bits per heavy atom. The Morgan fingerprint density at radius 3 is 2.71 bits per heavy atom. The summed E-state index contributed by atoms with van der Waals surface area (Å²) in [7, 11) is 0. The second-order valence-electron chi connectivity index (χ2n) is 7.24. The summed E-state index contributed by atoms with van der Waals surface area (Å²) >= 11 is -2.28. The van der Waals surface area contributed by atoms with Crippen molar-refractivity contribution in [2.75, 3.05) is 0 Å². The van der Waals surface area contributed by atoms with Gasteiger partial charge in [-0.25, -0.2) is 9.71 Å². The third-order valence-electron chi connectivity index (χ3n) is 5.30. The van der Waals surface area contributed by atoms with Crippen LogP contribution in [0.2, 0.25) is 0 Å². The van der Waals surface area contributed by atoms with Crippen LogP contribution in [0.4, 0.5) is 0 Å². The van der Waals surface area contributed by atoms with Crippen LogP contribution in [0.5, 0.6) is 0 Å². The third kappa shape index (κ3) is 3.81. The number of nitrogens with zero attached hydrogens (tertiary/aromatic N) is 2. The number of hydrogen-bond donors (Lipinski definition) is 3. The van der Waals surface area contributed by atoms with Crippen molar-refractivity contribution in [2.24, 2.45) is 0 Å². The number of pyridine rings is 1. The largest absolute Gasteiger partial charge is 0.760 e. The Kier molecular flexibility index (Phi) is 4.99. The molecule has 1 aromatic carbocycles. The number of hydrogen-bond acceptors (Lipinski definition) is 4. The quantitative estimate of drug-likeness (QED) is 0.358. The molecular formula is C22H18N5O3S-. The van der Waals surface area contributed by atoms with Crippen LogP contribution in [0.15, 0.2) is 72.0 Å². The first-order valence-electron chi connectivity index (χ1n) is 9.64. The van der Waals surface area contributed by atoms with Crippen LogP contribution in [-0.4, -0.2) is 28.1 Å². The Bertz CT molecular complexity index is 1470. The summed E-state index contributed by atoms with van der Waals surface area (Å²) in [6.07, 6.45) is 7.95. The highest BCUT2D eigenvalue weighted by Gasteiger charge is 2.13. The van der Waals surface area contributed by atoms with Gasteiger partial charge in [0.25, 0.3) is 5.56 Å². The van der Waals surface area contributed by atoms with Crippen molar-refractivity contribution in [3.05, 3.63) is 94.4 Å². The predicted octanol–water partition coefficient (Wildman–Crippen LogP) is 2.65. The van der Waals surface area contributed by atoms with E-state index >= 15 is 0 Å². The summed E-state index contributed by atoms with van der Waals surface area (Å²) in [5.41, 5.74) is 6.00. The second-order valence-corrected chi connectivity index (χ2v) is 8.00. The van der Waals surface area contributed by atoms with Gasteiger partial charge in [0, 0.05) is 71.2 Å². The molecule has 0 amide bonds. The Hall–Kier alpha value is -3.53. The summed E-state index contributed by atoms with van der Waals surface area (Å²) in [5, 5.41) is 1.000. The molecule has 4 heterocycles. The molecule has 5 aromatic rings. The molecule has 0 saturated heterocycles.